The molecular weight excluding hydrogens is 268 g/mol. The second-order valence-corrected chi connectivity index (χ2v) is 5.45. The van der Waals surface area contributed by atoms with Gasteiger partial charge in [-0.1, -0.05) is 24.6 Å². The van der Waals surface area contributed by atoms with Gasteiger partial charge in [-0.3, -0.25) is 4.79 Å². The van der Waals surface area contributed by atoms with Crippen molar-refractivity contribution < 1.29 is 14.3 Å². The van der Waals surface area contributed by atoms with Crippen LogP contribution in [0.4, 0.5) is 0 Å². The Balaban J connectivity index is 2.37. The number of methoxy groups -OCH3 is 1. The number of nitrogens with one attached hydrogen (secondary N) is 1. The molecule has 1 amide bonds. The highest BCUT2D eigenvalue weighted by Gasteiger charge is 2.27. The summed E-state index contributed by atoms with van der Waals surface area (Å²) in [5, 5.41) is 3.06. The van der Waals surface area contributed by atoms with Crippen LogP contribution in [0.25, 0.3) is 0 Å². The van der Waals surface area contributed by atoms with Crippen molar-refractivity contribution in [2.45, 2.75) is 38.8 Å². The van der Waals surface area contributed by atoms with E-state index in [-0.39, 0.29) is 18.0 Å². The Kier molecular flexibility index (Phi) is 5.20. The molecule has 21 heavy (non-hydrogen) atoms. The number of nitrogens with two attached hydrogens (primary N) is 1. The first-order valence-corrected chi connectivity index (χ1v) is 7.38. The Labute approximate surface area is 125 Å². The molecule has 0 spiro atoms. The van der Waals surface area contributed by atoms with E-state index < -0.39 is 0 Å². The highest BCUT2D eigenvalue weighted by Crippen LogP contribution is 2.38. The Morgan fingerprint density at radius 3 is 3.00 bits per heavy atom. The summed E-state index contributed by atoms with van der Waals surface area (Å²) in [4.78, 5) is 11.7. The summed E-state index contributed by atoms with van der Waals surface area (Å²) < 4.78 is 11.0. The van der Waals surface area contributed by atoms with E-state index in [1.54, 1.807) is 7.11 Å². The van der Waals surface area contributed by atoms with E-state index in [0.29, 0.717) is 19.6 Å². The molecule has 3 N–H and O–H groups in total. The molecular formula is C16H24N2O3. The van der Waals surface area contributed by atoms with Crippen LogP contribution >= 0.6 is 0 Å². The number of hydrogen-bond donors (Lipinski definition) is 2. The minimum atomic E-state index is -0.232. The fraction of sp³-hybridized carbons (Fsp3) is 0.562. The first-order chi connectivity index (χ1) is 10.1. The van der Waals surface area contributed by atoms with E-state index in [4.69, 9.17) is 15.2 Å². The van der Waals surface area contributed by atoms with Crippen molar-refractivity contribution in [1.82, 2.24) is 5.32 Å². The van der Waals surface area contributed by atoms with Crippen LogP contribution in [-0.4, -0.2) is 26.2 Å². The number of rotatable bonds is 5. The average Bonchev–Trinajstić information content (AvgIpc) is 2.47. The van der Waals surface area contributed by atoms with Gasteiger partial charge in [-0.25, -0.2) is 0 Å². The van der Waals surface area contributed by atoms with Gasteiger partial charge >= 0.3 is 0 Å². The standard InChI is InChI=1S/C16H24N2O3/c1-4-15(19)18-14-5-6-21-16-11(13(17)9-20-3)7-10(2)8-12(14)16/h7-8,13-14H,4-6,9,17H2,1-3H3,(H,18,19). The lowest BCUT2D eigenvalue weighted by Crippen LogP contribution is -2.32. The minimum absolute atomic E-state index is 0.00500. The molecule has 0 radical (unpaired) electrons. The number of aryl methyl sites for hydroxylation is 1. The van der Waals surface area contributed by atoms with Gasteiger partial charge in [-0.15, -0.1) is 0 Å². The maximum Gasteiger partial charge on any atom is 0.220 e. The van der Waals surface area contributed by atoms with Gasteiger partial charge in [0.1, 0.15) is 5.75 Å². The van der Waals surface area contributed by atoms with Crippen molar-refractivity contribution in [3.05, 3.63) is 28.8 Å². The third-order valence-electron chi connectivity index (χ3n) is 3.72. The lowest BCUT2D eigenvalue weighted by Gasteiger charge is -2.30. The number of fused-ring (bicyclic) bond motifs is 1. The molecule has 0 saturated carbocycles. The fourth-order valence-corrected chi connectivity index (χ4v) is 2.68. The maximum atomic E-state index is 11.7. The van der Waals surface area contributed by atoms with Crippen molar-refractivity contribution >= 4 is 5.91 Å². The maximum absolute atomic E-state index is 11.7. The molecule has 1 aliphatic rings. The van der Waals surface area contributed by atoms with Crippen molar-refractivity contribution in [3.63, 3.8) is 0 Å². The Morgan fingerprint density at radius 1 is 1.57 bits per heavy atom. The molecule has 0 saturated heterocycles. The zero-order chi connectivity index (χ0) is 15.4. The molecule has 1 aromatic rings. The number of hydrogen-bond acceptors (Lipinski definition) is 4. The van der Waals surface area contributed by atoms with Crippen LogP contribution in [0, 0.1) is 6.92 Å². The summed E-state index contributed by atoms with van der Waals surface area (Å²) in [5.41, 5.74) is 9.25. The molecule has 0 bridgehead atoms. The zero-order valence-corrected chi connectivity index (χ0v) is 12.9. The topological polar surface area (TPSA) is 73.6 Å². The van der Waals surface area contributed by atoms with Crippen molar-refractivity contribution in [3.8, 4) is 5.75 Å². The summed E-state index contributed by atoms with van der Waals surface area (Å²) in [6, 6.07) is 3.86. The van der Waals surface area contributed by atoms with Crippen LogP contribution < -0.4 is 15.8 Å². The molecule has 0 aromatic heterocycles. The van der Waals surface area contributed by atoms with Gasteiger partial charge in [0.15, 0.2) is 0 Å². The molecule has 116 valence electrons. The molecule has 0 aliphatic carbocycles. The Hall–Kier alpha value is -1.59. The van der Waals surface area contributed by atoms with Gasteiger partial charge in [0, 0.05) is 31.1 Å². The molecule has 5 nitrogen and oxygen atoms in total. The van der Waals surface area contributed by atoms with Crippen LogP contribution in [-0.2, 0) is 9.53 Å². The highest BCUT2D eigenvalue weighted by atomic mass is 16.5. The number of amides is 1. The largest absolute Gasteiger partial charge is 0.493 e. The minimum Gasteiger partial charge on any atom is -0.493 e. The number of carbonyl (C=O) groups is 1. The molecule has 1 aliphatic heterocycles. The van der Waals surface area contributed by atoms with Crippen molar-refractivity contribution in [2.75, 3.05) is 20.3 Å². The van der Waals surface area contributed by atoms with E-state index in [1.807, 2.05) is 19.9 Å². The molecule has 2 atom stereocenters. The summed E-state index contributed by atoms with van der Waals surface area (Å²) >= 11 is 0. The van der Waals surface area contributed by atoms with E-state index in [9.17, 15) is 4.79 Å². The van der Waals surface area contributed by atoms with Gasteiger partial charge in [0.25, 0.3) is 0 Å². The number of benzene rings is 1. The second-order valence-electron chi connectivity index (χ2n) is 5.45. The summed E-state index contributed by atoms with van der Waals surface area (Å²) in [7, 11) is 1.63. The van der Waals surface area contributed by atoms with Crippen LogP contribution in [0.5, 0.6) is 5.75 Å². The molecule has 0 fully saturated rings. The van der Waals surface area contributed by atoms with E-state index >= 15 is 0 Å². The van der Waals surface area contributed by atoms with Gasteiger partial charge in [0.2, 0.25) is 5.91 Å². The molecule has 2 unspecified atom stereocenters. The monoisotopic (exact) mass is 292 g/mol. The van der Waals surface area contributed by atoms with Gasteiger partial charge in [-0.05, 0) is 6.92 Å². The first-order valence-electron chi connectivity index (χ1n) is 7.38. The summed E-state index contributed by atoms with van der Waals surface area (Å²) in [5.74, 6) is 0.856. The van der Waals surface area contributed by atoms with E-state index in [2.05, 4.69) is 11.4 Å². The molecule has 1 heterocycles. The zero-order valence-electron chi connectivity index (χ0n) is 12.9. The predicted octanol–water partition coefficient (Wildman–Crippen LogP) is 1.99. The average molecular weight is 292 g/mol. The third-order valence-corrected chi connectivity index (χ3v) is 3.72. The number of carbonyl (C=O) groups excluding carboxylic acids is 1. The fourth-order valence-electron chi connectivity index (χ4n) is 2.68. The summed E-state index contributed by atoms with van der Waals surface area (Å²) in [6.07, 6.45) is 1.26. The predicted molar refractivity (Wildman–Crippen MR) is 81.3 cm³/mol. The van der Waals surface area contributed by atoms with Crippen LogP contribution in [0.15, 0.2) is 12.1 Å². The van der Waals surface area contributed by atoms with Crippen LogP contribution in [0.2, 0.25) is 0 Å². The van der Waals surface area contributed by atoms with Gasteiger partial charge < -0.3 is 20.5 Å². The SMILES string of the molecule is CCC(=O)NC1CCOc2c(C(N)COC)cc(C)cc21. The quantitative estimate of drug-likeness (QED) is 0.870. The van der Waals surface area contributed by atoms with Crippen LogP contribution in [0.1, 0.15) is 48.5 Å². The number of ether oxygens (including phenoxy) is 2. The lowest BCUT2D eigenvalue weighted by molar-refractivity contribution is -0.121. The van der Waals surface area contributed by atoms with Gasteiger partial charge in [-0.2, -0.15) is 0 Å². The normalized spacial score (nSPS) is 18.6. The molecule has 1 aromatic carbocycles. The molecule has 2 rings (SSSR count). The highest BCUT2D eigenvalue weighted by molar-refractivity contribution is 5.76. The smallest absolute Gasteiger partial charge is 0.220 e. The summed E-state index contributed by atoms with van der Waals surface area (Å²) in [6.45, 7) is 4.89. The molecule has 5 heteroatoms. The second kappa shape index (κ2) is 6.91. The van der Waals surface area contributed by atoms with Crippen LogP contribution in [0.3, 0.4) is 0 Å². The van der Waals surface area contributed by atoms with Crippen molar-refractivity contribution in [1.29, 1.82) is 0 Å². The van der Waals surface area contributed by atoms with Gasteiger partial charge in [0.05, 0.1) is 25.3 Å². The Bertz CT molecular complexity index is 516. The van der Waals surface area contributed by atoms with Crippen molar-refractivity contribution in [2.24, 2.45) is 5.73 Å². The lowest BCUT2D eigenvalue weighted by atomic mass is 9.92. The van der Waals surface area contributed by atoms with E-state index in [0.717, 1.165) is 28.9 Å². The Morgan fingerprint density at radius 2 is 2.33 bits per heavy atom. The first kappa shape index (κ1) is 15.8. The van der Waals surface area contributed by atoms with E-state index in [1.165, 1.54) is 0 Å². The third kappa shape index (κ3) is 3.54.